The molecule has 0 aliphatic carbocycles. The maximum atomic E-state index is 12.8. The highest BCUT2D eigenvalue weighted by Gasteiger charge is 2.16. The molecule has 1 aromatic heterocycles. The van der Waals surface area contributed by atoms with Crippen molar-refractivity contribution >= 4 is 22.6 Å². The van der Waals surface area contributed by atoms with Gasteiger partial charge >= 0.3 is 5.69 Å². The quantitative estimate of drug-likeness (QED) is 0.554. The molecule has 5 nitrogen and oxygen atoms in total. The van der Waals surface area contributed by atoms with Crippen LogP contribution in [0.5, 0.6) is 0 Å². The molecule has 0 aliphatic heterocycles. The first kappa shape index (κ1) is 15.0. The van der Waals surface area contributed by atoms with E-state index in [0.717, 1.165) is 15.7 Å². The normalized spacial score (nSPS) is 10.9. The molecule has 0 saturated carbocycles. The van der Waals surface area contributed by atoms with Gasteiger partial charge in [-0.25, -0.2) is 9.36 Å². The Kier molecular flexibility index (Phi) is 3.47. The van der Waals surface area contributed by atoms with Crippen molar-refractivity contribution in [1.82, 2.24) is 9.55 Å². The Balaban J connectivity index is 1.76. The second-order valence-corrected chi connectivity index (χ2v) is 5.79. The van der Waals surface area contributed by atoms with Gasteiger partial charge in [-0.3, -0.25) is 4.79 Å². The average Bonchev–Trinajstić information content (AvgIpc) is 2.97. The van der Waals surface area contributed by atoms with Crippen LogP contribution in [-0.4, -0.2) is 15.5 Å². The third-order valence-electron chi connectivity index (χ3n) is 4.15. The van der Waals surface area contributed by atoms with Crippen LogP contribution in [0.1, 0.15) is 10.4 Å². The Morgan fingerprint density at radius 1 is 0.880 bits per heavy atom. The summed E-state index contributed by atoms with van der Waals surface area (Å²) in [7, 11) is 0. The standard InChI is InChI=1S/C20H15N3O2/c21-16-10-11-17-18(12-16)23(20(25)22-17)19(24)15-8-6-14(7-9-15)13-4-2-1-3-5-13/h1-12H,21H2,(H,22,25). The fourth-order valence-corrected chi connectivity index (χ4v) is 2.89. The van der Waals surface area contributed by atoms with E-state index in [2.05, 4.69) is 4.98 Å². The zero-order chi connectivity index (χ0) is 17.4. The van der Waals surface area contributed by atoms with Crippen LogP contribution in [0, 0.1) is 0 Å². The maximum Gasteiger partial charge on any atom is 0.333 e. The number of carbonyl (C=O) groups is 1. The van der Waals surface area contributed by atoms with Crippen molar-refractivity contribution in [3.05, 3.63) is 88.8 Å². The van der Waals surface area contributed by atoms with E-state index >= 15 is 0 Å². The molecule has 0 radical (unpaired) electrons. The second kappa shape index (κ2) is 5.79. The van der Waals surface area contributed by atoms with Crippen molar-refractivity contribution in [1.29, 1.82) is 0 Å². The van der Waals surface area contributed by atoms with Crippen LogP contribution in [0.4, 0.5) is 5.69 Å². The summed E-state index contributed by atoms with van der Waals surface area (Å²) in [5.74, 6) is -0.388. The molecule has 4 aromatic rings. The number of aromatic amines is 1. The number of nitrogen functional groups attached to an aromatic ring is 1. The molecule has 1 heterocycles. The molecule has 122 valence electrons. The van der Waals surface area contributed by atoms with E-state index in [1.54, 1.807) is 30.3 Å². The predicted molar refractivity (Wildman–Crippen MR) is 98.6 cm³/mol. The molecule has 3 N–H and O–H groups in total. The zero-order valence-electron chi connectivity index (χ0n) is 13.3. The first-order valence-electron chi connectivity index (χ1n) is 7.84. The van der Waals surface area contributed by atoms with Gasteiger partial charge in [0.2, 0.25) is 0 Å². The lowest BCUT2D eigenvalue weighted by molar-refractivity contribution is 0.0961. The highest BCUT2D eigenvalue weighted by Crippen LogP contribution is 2.20. The number of imidazole rings is 1. The number of hydrogen-bond acceptors (Lipinski definition) is 3. The molecule has 0 unspecified atom stereocenters. The molecule has 4 rings (SSSR count). The van der Waals surface area contributed by atoms with Gasteiger partial charge in [0.25, 0.3) is 5.91 Å². The Morgan fingerprint density at radius 2 is 1.56 bits per heavy atom. The predicted octanol–water partition coefficient (Wildman–Crippen LogP) is 3.27. The third-order valence-corrected chi connectivity index (χ3v) is 4.15. The number of anilines is 1. The van der Waals surface area contributed by atoms with E-state index < -0.39 is 5.69 Å². The molecule has 0 spiro atoms. The average molecular weight is 329 g/mol. The van der Waals surface area contributed by atoms with Crippen LogP contribution in [0.2, 0.25) is 0 Å². The van der Waals surface area contributed by atoms with E-state index in [9.17, 15) is 9.59 Å². The fraction of sp³-hybridized carbons (Fsp3) is 0. The molecule has 0 fully saturated rings. The van der Waals surface area contributed by atoms with Gasteiger partial charge in [0.05, 0.1) is 11.0 Å². The Morgan fingerprint density at radius 3 is 2.28 bits per heavy atom. The summed E-state index contributed by atoms with van der Waals surface area (Å²) in [5, 5.41) is 0. The first-order valence-corrected chi connectivity index (χ1v) is 7.84. The Labute approximate surface area is 143 Å². The number of nitrogens with zero attached hydrogens (tertiary/aromatic N) is 1. The molecule has 0 amide bonds. The van der Waals surface area contributed by atoms with Crippen molar-refractivity contribution in [2.45, 2.75) is 0 Å². The topological polar surface area (TPSA) is 80.9 Å². The van der Waals surface area contributed by atoms with E-state index in [0.29, 0.717) is 22.3 Å². The summed E-state index contributed by atoms with van der Waals surface area (Å²) >= 11 is 0. The number of nitrogens with two attached hydrogens (primary N) is 1. The van der Waals surface area contributed by atoms with E-state index in [1.807, 2.05) is 42.5 Å². The number of H-pyrrole nitrogens is 1. The molecule has 3 aromatic carbocycles. The number of nitrogens with one attached hydrogen (secondary N) is 1. The highest BCUT2D eigenvalue weighted by molar-refractivity contribution is 6.01. The van der Waals surface area contributed by atoms with Crippen LogP contribution in [0.25, 0.3) is 22.2 Å². The lowest BCUT2D eigenvalue weighted by Crippen LogP contribution is -2.24. The highest BCUT2D eigenvalue weighted by atomic mass is 16.2. The van der Waals surface area contributed by atoms with Crippen LogP contribution in [0.15, 0.2) is 77.6 Å². The van der Waals surface area contributed by atoms with Gasteiger partial charge < -0.3 is 10.7 Å². The molecule has 0 bridgehead atoms. The van der Waals surface area contributed by atoms with Crippen LogP contribution >= 0.6 is 0 Å². The molecule has 0 atom stereocenters. The third kappa shape index (κ3) is 2.61. The van der Waals surface area contributed by atoms with Gasteiger partial charge in [0, 0.05) is 11.3 Å². The zero-order valence-corrected chi connectivity index (χ0v) is 13.3. The van der Waals surface area contributed by atoms with E-state index in [4.69, 9.17) is 5.73 Å². The summed E-state index contributed by atoms with van der Waals surface area (Å²) in [6, 6.07) is 22.1. The largest absolute Gasteiger partial charge is 0.399 e. The summed E-state index contributed by atoms with van der Waals surface area (Å²) in [6.07, 6.45) is 0. The Hall–Kier alpha value is -3.60. The summed E-state index contributed by atoms with van der Waals surface area (Å²) in [4.78, 5) is 27.7. The van der Waals surface area contributed by atoms with Crippen LogP contribution in [0.3, 0.4) is 0 Å². The van der Waals surface area contributed by atoms with Crippen LogP contribution in [-0.2, 0) is 0 Å². The van der Waals surface area contributed by atoms with Crippen molar-refractivity contribution in [2.75, 3.05) is 5.73 Å². The molecule has 25 heavy (non-hydrogen) atoms. The maximum absolute atomic E-state index is 12.8. The van der Waals surface area contributed by atoms with Crippen molar-refractivity contribution in [2.24, 2.45) is 0 Å². The Bertz CT molecular complexity index is 1120. The molecule has 5 heteroatoms. The lowest BCUT2D eigenvalue weighted by atomic mass is 10.0. The number of hydrogen-bond donors (Lipinski definition) is 2. The molecular weight excluding hydrogens is 314 g/mol. The number of benzene rings is 3. The minimum atomic E-state index is -0.474. The van der Waals surface area contributed by atoms with Crippen molar-refractivity contribution < 1.29 is 4.79 Å². The summed E-state index contributed by atoms with van der Waals surface area (Å²) in [5.41, 5.74) is 9.37. The fourth-order valence-electron chi connectivity index (χ4n) is 2.89. The van der Waals surface area contributed by atoms with Crippen molar-refractivity contribution in [3.8, 4) is 11.1 Å². The van der Waals surface area contributed by atoms with Crippen molar-refractivity contribution in [3.63, 3.8) is 0 Å². The molecular formula is C20H15N3O2. The lowest BCUT2D eigenvalue weighted by Gasteiger charge is -2.05. The smallest absolute Gasteiger partial charge is 0.333 e. The minimum absolute atomic E-state index is 0.388. The van der Waals surface area contributed by atoms with Crippen LogP contribution < -0.4 is 11.4 Å². The van der Waals surface area contributed by atoms with Gasteiger partial charge in [-0.1, -0.05) is 42.5 Å². The number of rotatable bonds is 2. The molecule has 0 aliphatic rings. The van der Waals surface area contributed by atoms with Gasteiger partial charge in [-0.2, -0.15) is 0 Å². The SMILES string of the molecule is Nc1ccc2[nH]c(=O)n(C(=O)c3ccc(-c4ccccc4)cc3)c2c1. The second-order valence-electron chi connectivity index (χ2n) is 5.79. The summed E-state index contributed by atoms with van der Waals surface area (Å²) < 4.78 is 1.11. The van der Waals surface area contributed by atoms with E-state index in [1.165, 1.54) is 0 Å². The van der Waals surface area contributed by atoms with E-state index in [-0.39, 0.29) is 5.91 Å². The van der Waals surface area contributed by atoms with Gasteiger partial charge in [0.15, 0.2) is 0 Å². The minimum Gasteiger partial charge on any atom is -0.399 e. The monoisotopic (exact) mass is 329 g/mol. The van der Waals surface area contributed by atoms with Gasteiger partial charge in [-0.15, -0.1) is 0 Å². The number of fused-ring (bicyclic) bond motifs is 1. The number of aromatic nitrogens is 2. The summed E-state index contributed by atoms with van der Waals surface area (Å²) in [6.45, 7) is 0. The molecule has 0 saturated heterocycles. The van der Waals surface area contributed by atoms with Gasteiger partial charge in [-0.05, 0) is 41.5 Å². The number of carbonyl (C=O) groups excluding carboxylic acids is 1. The van der Waals surface area contributed by atoms with Gasteiger partial charge in [0.1, 0.15) is 0 Å². The first-order chi connectivity index (χ1) is 12.1.